The van der Waals surface area contributed by atoms with Crippen molar-refractivity contribution in [2.45, 2.75) is 6.92 Å². The fourth-order valence-corrected chi connectivity index (χ4v) is 1.94. The molecule has 1 heterocycles. The van der Waals surface area contributed by atoms with Gasteiger partial charge in [-0.2, -0.15) is 0 Å². The summed E-state index contributed by atoms with van der Waals surface area (Å²) in [6.07, 6.45) is 0. The van der Waals surface area contributed by atoms with Gasteiger partial charge in [0.15, 0.2) is 0 Å². The summed E-state index contributed by atoms with van der Waals surface area (Å²) in [5.74, 6) is 0.977. The third kappa shape index (κ3) is 3.13. The van der Waals surface area contributed by atoms with Crippen LogP contribution in [0.15, 0.2) is 5.51 Å². The number of hydrogen-bond acceptors (Lipinski definition) is 5. The molecule has 11 heavy (non-hydrogen) atoms. The highest BCUT2D eigenvalue weighted by Crippen LogP contribution is 2.12. The van der Waals surface area contributed by atoms with Crippen LogP contribution in [-0.4, -0.2) is 20.3 Å². The average molecular weight is 205 g/mol. The van der Waals surface area contributed by atoms with Gasteiger partial charge in [0.05, 0.1) is 0 Å². The Morgan fingerprint density at radius 1 is 1.91 bits per heavy atom. The molecule has 1 aromatic heterocycles. The summed E-state index contributed by atoms with van der Waals surface area (Å²) in [6, 6.07) is 0. The lowest BCUT2D eigenvalue weighted by Crippen LogP contribution is -2.03. The Bertz CT molecular complexity index is 221. The molecule has 0 bridgehead atoms. The maximum Gasteiger partial charge on any atom is 0.210 e. The Kier molecular flexibility index (Phi) is 3.74. The quantitative estimate of drug-likeness (QED) is 0.747. The van der Waals surface area contributed by atoms with Crippen molar-refractivity contribution in [3.05, 3.63) is 5.51 Å². The van der Waals surface area contributed by atoms with E-state index >= 15 is 0 Å². The van der Waals surface area contributed by atoms with Gasteiger partial charge in [0.2, 0.25) is 5.13 Å². The third-order valence-electron chi connectivity index (χ3n) is 0.844. The first-order valence-electron chi connectivity index (χ1n) is 3.03. The third-order valence-corrected chi connectivity index (χ3v) is 2.56. The Morgan fingerprint density at radius 2 is 2.73 bits per heavy atom. The second kappa shape index (κ2) is 4.63. The number of rotatable bonds is 2. The Labute approximate surface area is 78.6 Å². The lowest BCUT2D eigenvalue weighted by molar-refractivity contribution is 1.10. The van der Waals surface area contributed by atoms with Crippen LogP contribution in [0.4, 0.5) is 5.13 Å². The Balaban J connectivity index is 2.37. The molecule has 0 spiro atoms. The molecule has 0 saturated carbocycles. The van der Waals surface area contributed by atoms with E-state index in [-0.39, 0.29) is 0 Å². The highest BCUT2D eigenvalue weighted by atomic mass is 32.2. The minimum Gasteiger partial charge on any atom is -0.316 e. The summed E-state index contributed by atoms with van der Waals surface area (Å²) < 4.78 is 0.754. The summed E-state index contributed by atoms with van der Waals surface area (Å²) in [5, 5.41) is 11.2. The fourth-order valence-electron chi connectivity index (χ4n) is 0.482. The molecule has 0 unspecified atom stereocenters. The van der Waals surface area contributed by atoms with Crippen LogP contribution < -0.4 is 5.32 Å². The van der Waals surface area contributed by atoms with Gasteiger partial charge in [-0.25, -0.2) is 0 Å². The van der Waals surface area contributed by atoms with Crippen LogP contribution in [0.1, 0.15) is 6.92 Å². The topological polar surface area (TPSA) is 37.8 Å². The van der Waals surface area contributed by atoms with E-state index in [1.807, 2.05) is 0 Å². The van der Waals surface area contributed by atoms with Gasteiger partial charge in [0.25, 0.3) is 0 Å². The molecular weight excluding hydrogens is 198 g/mol. The highest BCUT2D eigenvalue weighted by molar-refractivity contribution is 8.23. The maximum absolute atomic E-state index is 4.99. The number of nitrogens with one attached hydrogen (secondary N) is 1. The van der Waals surface area contributed by atoms with E-state index < -0.39 is 0 Å². The van der Waals surface area contributed by atoms with Gasteiger partial charge in [0, 0.05) is 0 Å². The second-order valence-electron chi connectivity index (χ2n) is 1.59. The van der Waals surface area contributed by atoms with Crippen molar-refractivity contribution in [3.8, 4) is 0 Å². The monoisotopic (exact) mass is 205 g/mol. The van der Waals surface area contributed by atoms with Crippen molar-refractivity contribution in [2.75, 3.05) is 11.1 Å². The van der Waals surface area contributed by atoms with Crippen molar-refractivity contribution in [1.29, 1.82) is 0 Å². The molecule has 1 aromatic rings. The zero-order chi connectivity index (χ0) is 8.10. The highest BCUT2D eigenvalue weighted by Gasteiger charge is 1.98. The minimum absolute atomic E-state index is 0.754. The molecule has 0 aliphatic carbocycles. The van der Waals surface area contributed by atoms with Gasteiger partial charge < -0.3 is 5.32 Å². The number of anilines is 1. The van der Waals surface area contributed by atoms with E-state index in [0.717, 1.165) is 15.2 Å². The summed E-state index contributed by atoms with van der Waals surface area (Å²) in [4.78, 5) is 0. The zero-order valence-electron chi connectivity index (χ0n) is 5.90. The maximum atomic E-state index is 4.99. The molecule has 0 radical (unpaired) electrons. The van der Waals surface area contributed by atoms with E-state index in [9.17, 15) is 0 Å². The fraction of sp³-hybridized carbons (Fsp3) is 0.400. The molecule has 0 atom stereocenters. The second-order valence-corrected chi connectivity index (χ2v) is 4.36. The number of thiocarbonyl (C=S) groups is 1. The smallest absolute Gasteiger partial charge is 0.210 e. The van der Waals surface area contributed by atoms with Crippen molar-refractivity contribution in [1.82, 2.24) is 10.2 Å². The molecule has 1 rings (SSSR count). The van der Waals surface area contributed by atoms with Gasteiger partial charge in [-0.1, -0.05) is 42.2 Å². The van der Waals surface area contributed by atoms with Gasteiger partial charge in [-0.15, -0.1) is 10.2 Å². The molecule has 0 fully saturated rings. The molecule has 0 aromatic carbocycles. The molecule has 60 valence electrons. The van der Waals surface area contributed by atoms with Crippen molar-refractivity contribution in [3.63, 3.8) is 0 Å². The predicted molar refractivity (Wildman–Crippen MR) is 54.3 cm³/mol. The van der Waals surface area contributed by atoms with Gasteiger partial charge in [0.1, 0.15) is 9.83 Å². The normalized spacial score (nSPS) is 9.55. The summed E-state index contributed by atoms with van der Waals surface area (Å²) in [5.41, 5.74) is 1.67. The number of thioether (sulfide) groups is 1. The van der Waals surface area contributed by atoms with Crippen LogP contribution in [0.2, 0.25) is 0 Å². The molecule has 6 heteroatoms. The molecule has 0 saturated heterocycles. The van der Waals surface area contributed by atoms with Gasteiger partial charge >= 0.3 is 0 Å². The minimum atomic E-state index is 0.754. The molecule has 3 nitrogen and oxygen atoms in total. The molecular formula is C5H7N3S3. The molecule has 0 amide bonds. The average Bonchev–Trinajstić information content (AvgIpc) is 2.40. The van der Waals surface area contributed by atoms with Crippen molar-refractivity contribution < 1.29 is 0 Å². The van der Waals surface area contributed by atoms with E-state index in [0.29, 0.717) is 0 Å². The van der Waals surface area contributed by atoms with Crippen LogP contribution in [-0.2, 0) is 0 Å². The first-order chi connectivity index (χ1) is 5.33. The van der Waals surface area contributed by atoms with E-state index in [4.69, 9.17) is 12.2 Å². The summed E-state index contributed by atoms with van der Waals surface area (Å²) in [6.45, 7) is 2.05. The van der Waals surface area contributed by atoms with E-state index in [1.54, 1.807) is 17.3 Å². The lowest BCUT2D eigenvalue weighted by atomic mass is 11.0. The SMILES string of the molecule is CCSC(=S)Nc1nncs1. The number of hydrogen-bond donors (Lipinski definition) is 1. The molecule has 0 aliphatic rings. The molecule has 0 aliphatic heterocycles. The first-order valence-corrected chi connectivity index (χ1v) is 5.30. The largest absolute Gasteiger partial charge is 0.316 e. The van der Waals surface area contributed by atoms with Crippen LogP contribution in [0.3, 0.4) is 0 Å². The molecule has 1 N–H and O–H groups in total. The standard InChI is InChI=1S/C5H7N3S3/c1-2-10-5(9)7-4-8-6-3-11-4/h3H,2H2,1H3,(H,7,8,9). The zero-order valence-corrected chi connectivity index (χ0v) is 8.35. The van der Waals surface area contributed by atoms with E-state index in [1.165, 1.54) is 11.3 Å². The summed E-state index contributed by atoms with van der Waals surface area (Å²) >= 11 is 8.02. The van der Waals surface area contributed by atoms with Gasteiger partial charge in [-0.3, -0.25) is 0 Å². The summed E-state index contributed by atoms with van der Waals surface area (Å²) in [7, 11) is 0. The first kappa shape index (κ1) is 8.89. The van der Waals surface area contributed by atoms with Crippen LogP contribution >= 0.6 is 35.3 Å². The van der Waals surface area contributed by atoms with Gasteiger partial charge in [-0.05, 0) is 5.75 Å². The lowest BCUT2D eigenvalue weighted by Gasteiger charge is -1.99. The Hall–Kier alpha value is -0.200. The van der Waals surface area contributed by atoms with Crippen LogP contribution in [0.5, 0.6) is 0 Å². The van der Waals surface area contributed by atoms with Crippen molar-refractivity contribution in [2.24, 2.45) is 0 Å². The number of nitrogens with zero attached hydrogens (tertiary/aromatic N) is 2. The van der Waals surface area contributed by atoms with Crippen LogP contribution in [0.25, 0.3) is 0 Å². The Morgan fingerprint density at radius 3 is 3.27 bits per heavy atom. The van der Waals surface area contributed by atoms with Crippen molar-refractivity contribution >= 4 is 44.8 Å². The predicted octanol–water partition coefficient (Wildman–Crippen LogP) is 1.99. The van der Waals surface area contributed by atoms with Crippen LogP contribution in [0, 0.1) is 0 Å². The van der Waals surface area contributed by atoms with E-state index in [2.05, 4.69) is 22.4 Å². The number of aromatic nitrogens is 2.